The Kier molecular flexibility index (Phi) is 5.52. The summed E-state index contributed by atoms with van der Waals surface area (Å²) in [5.74, 6) is 0.292. The molecule has 0 aromatic heterocycles. The van der Waals surface area contributed by atoms with E-state index in [1.165, 1.54) is 21.0 Å². The average molecular weight is 370 g/mol. The first kappa shape index (κ1) is 18.7. The third-order valence-corrected chi connectivity index (χ3v) is 6.87. The number of hydrogen-bond acceptors (Lipinski definition) is 2. The van der Waals surface area contributed by atoms with Crippen molar-refractivity contribution in [2.75, 3.05) is 6.54 Å². The molecular formula is C22H27NO2S. The van der Waals surface area contributed by atoms with Crippen LogP contribution in [0.1, 0.15) is 36.5 Å². The van der Waals surface area contributed by atoms with Gasteiger partial charge in [0, 0.05) is 18.7 Å². The molecule has 138 valence electrons. The van der Waals surface area contributed by atoms with Gasteiger partial charge in [-0.1, -0.05) is 54.4 Å². The molecule has 0 N–H and O–H groups in total. The number of rotatable bonds is 6. The van der Waals surface area contributed by atoms with E-state index < -0.39 is 10.0 Å². The molecule has 0 radical (unpaired) electrons. The normalized spacial score (nSPS) is 17.4. The van der Waals surface area contributed by atoms with Crippen LogP contribution in [0.15, 0.2) is 65.2 Å². The highest BCUT2D eigenvalue weighted by molar-refractivity contribution is 7.89. The van der Waals surface area contributed by atoms with Crippen LogP contribution >= 0.6 is 0 Å². The Morgan fingerprint density at radius 2 is 1.77 bits per heavy atom. The quantitative estimate of drug-likeness (QED) is 0.730. The fraction of sp³-hybridized carbons (Fsp3) is 0.364. The molecule has 0 fully saturated rings. The standard InChI is InChI=1S/C22H27NO2S/c1-4-20-15-23(26(24,25)22-12-8-17(2)9-13-22)16-21(20)11-10-19-7-5-6-18(3)14-19/h5-9,12-15,21H,4,10-11,16H2,1-3H3. The van der Waals surface area contributed by atoms with E-state index in [-0.39, 0.29) is 0 Å². The summed E-state index contributed by atoms with van der Waals surface area (Å²) in [5.41, 5.74) is 4.88. The van der Waals surface area contributed by atoms with Crippen molar-refractivity contribution in [1.29, 1.82) is 0 Å². The van der Waals surface area contributed by atoms with Crippen molar-refractivity contribution in [2.24, 2.45) is 5.92 Å². The van der Waals surface area contributed by atoms with Gasteiger partial charge in [0.15, 0.2) is 0 Å². The molecular weight excluding hydrogens is 342 g/mol. The first-order valence-corrected chi connectivity index (χ1v) is 10.7. The molecule has 2 aromatic carbocycles. The summed E-state index contributed by atoms with van der Waals surface area (Å²) in [6.07, 6.45) is 4.69. The molecule has 0 aliphatic carbocycles. The Morgan fingerprint density at radius 1 is 1.04 bits per heavy atom. The van der Waals surface area contributed by atoms with Gasteiger partial charge in [0.25, 0.3) is 10.0 Å². The highest BCUT2D eigenvalue weighted by Gasteiger charge is 2.31. The summed E-state index contributed by atoms with van der Waals surface area (Å²) in [7, 11) is -3.46. The zero-order valence-electron chi connectivity index (χ0n) is 15.8. The summed E-state index contributed by atoms with van der Waals surface area (Å²) in [4.78, 5) is 0.370. The maximum Gasteiger partial charge on any atom is 0.263 e. The van der Waals surface area contributed by atoms with E-state index in [1.54, 1.807) is 12.1 Å². The minimum Gasteiger partial charge on any atom is -0.273 e. The molecule has 1 atom stereocenters. The zero-order chi connectivity index (χ0) is 18.7. The fourth-order valence-electron chi connectivity index (χ4n) is 3.56. The van der Waals surface area contributed by atoms with E-state index in [1.807, 2.05) is 25.3 Å². The van der Waals surface area contributed by atoms with Gasteiger partial charge < -0.3 is 0 Å². The maximum atomic E-state index is 13.0. The van der Waals surface area contributed by atoms with Gasteiger partial charge in [-0.25, -0.2) is 8.42 Å². The fourth-order valence-corrected chi connectivity index (χ4v) is 4.96. The smallest absolute Gasteiger partial charge is 0.263 e. The van der Waals surface area contributed by atoms with E-state index in [0.29, 0.717) is 17.4 Å². The highest BCUT2D eigenvalue weighted by atomic mass is 32.2. The van der Waals surface area contributed by atoms with E-state index in [2.05, 4.69) is 38.1 Å². The summed E-state index contributed by atoms with van der Waals surface area (Å²) in [6.45, 7) is 6.72. The average Bonchev–Trinajstić information content (AvgIpc) is 3.04. The Bertz CT molecular complexity index is 898. The van der Waals surface area contributed by atoms with Gasteiger partial charge in [0.2, 0.25) is 0 Å². The Labute approximate surface area is 157 Å². The molecule has 3 rings (SSSR count). The van der Waals surface area contributed by atoms with Crippen LogP contribution in [0.3, 0.4) is 0 Å². The topological polar surface area (TPSA) is 37.4 Å². The molecule has 26 heavy (non-hydrogen) atoms. The second-order valence-corrected chi connectivity index (χ2v) is 9.06. The predicted octanol–water partition coefficient (Wildman–Crippen LogP) is 4.85. The second kappa shape index (κ2) is 7.67. The summed E-state index contributed by atoms with van der Waals surface area (Å²) in [5, 5.41) is 0. The molecule has 0 saturated carbocycles. The van der Waals surface area contributed by atoms with E-state index in [4.69, 9.17) is 0 Å². The van der Waals surface area contributed by atoms with Crippen LogP contribution < -0.4 is 0 Å². The molecule has 2 aromatic rings. The molecule has 1 aliphatic heterocycles. The molecule has 0 saturated heterocycles. The lowest BCUT2D eigenvalue weighted by Crippen LogP contribution is -2.26. The van der Waals surface area contributed by atoms with Gasteiger partial charge in [-0.3, -0.25) is 4.31 Å². The van der Waals surface area contributed by atoms with Crippen LogP contribution in [-0.4, -0.2) is 19.3 Å². The van der Waals surface area contributed by atoms with Gasteiger partial charge >= 0.3 is 0 Å². The minimum absolute atomic E-state index is 0.292. The lowest BCUT2D eigenvalue weighted by atomic mass is 9.93. The number of sulfonamides is 1. The lowest BCUT2D eigenvalue weighted by molar-refractivity contribution is 0.460. The van der Waals surface area contributed by atoms with Crippen LogP contribution in [0.5, 0.6) is 0 Å². The Hall–Kier alpha value is -2.07. The van der Waals surface area contributed by atoms with Crippen molar-refractivity contribution in [2.45, 2.75) is 44.9 Å². The summed E-state index contributed by atoms with van der Waals surface area (Å²) >= 11 is 0. The zero-order valence-corrected chi connectivity index (χ0v) is 16.6. The molecule has 3 nitrogen and oxygen atoms in total. The van der Waals surface area contributed by atoms with Crippen molar-refractivity contribution >= 4 is 10.0 Å². The lowest BCUT2D eigenvalue weighted by Gasteiger charge is -2.19. The number of benzene rings is 2. The minimum atomic E-state index is -3.46. The van der Waals surface area contributed by atoms with Crippen molar-refractivity contribution in [3.05, 3.63) is 77.0 Å². The SMILES string of the molecule is CCC1=CN(S(=O)(=O)c2ccc(C)cc2)CC1CCc1cccc(C)c1. The van der Waals surface area contributed by atoms with Gasteiger partial charge in [-0.2, -0.15) is 0 Å². The third-order valence-electron chi connectivity index (χ3n) is 5.13. The Balaban J connectivity index is 1.73. The van der Waals surface area contributed by atoms with Crippen LogP contribution in [0, 0.1) is 19.8 Å². The van der Waals surface area contributed by atoms with E-state index >= 15 is 0 Å². The van der Waals surface area contributed by atoms with Crippen molar-refractivity contribution in [1.82, 2.24) is 4.31 Å². The third kappa shape index (κ3) is 4.01. The largest absolute Gasteiger partial charge is 0.273 e. The number of hydrogen-bond donors (Lipinski definition) is 0. The van der Waals surface area contributed by atoms with Gasteiger partial charge in [-0.15, -0.1) is 0 Å². The van der Waals surface area contributed by atoms with Gasteiger partial charge in [0.1, 0.15) is 0 Å². The highest BCUT2D eigenvalue weighted by Crippen LogP contribution is 2.32. The predicted molar refractivity (Wildman–Crippen MR) is 106 cm³/mol. The maximum absolute atomic E-state index is 13.0. The molecule has 4 heteroatoms. The molecule has 0 bridgehead atoms. The molecule has 1 heterocycles. The number of nitrogens with zero attached hydrogens (tertiary/aromatic N) is 1. The molecule has 0 amide bonds. The Morgan fingerprint density at radius 3 is 2.42 bits per heavy atom. The van der Waals surface area contributed by atoms with Crippen LogP contribution in [0.2, 0.25) is 0 Å². The monoisotopic (exact) mass is 369 g/mol. The molecule has 1 unspecified atom stereocenters. The van der Waals surface area contributed by atoms with E-state index in [9.17, 15) is 8.42 Å². The van der Waals surface area contributed by atoms with Crippen LogP contribution in [-0.2, 0) is 16.4 Å². The number of aryl methyl sites for hydroxylation is 3. The molecule has 0 spiro atoms. The van der Waals surface area contributed by atoms with Crippen LogP contribution in [0.25, 0.3) is 0 Å². The van der Waals surface area contributed by atoms with Crippen molar-refractivity contribution < 1.29 is 8.42 Å². The van der Waals surface area contributed by atoms with Crippen molar-refractivity contribution in [3.63, 3.8) is 0 Å². The van der Waals surface area contributed by atoms with E-state index in [0.717, 1.165) is 24.8 Å². The summed E-state index contributed by atoms with van der Waals surface area (Å²) < 4.78 is 27.4. The van der Waals surface area contributed by atoms with Gasteiger partial charge in [0.05, 0.1) is 4.90 Å². The van der Waals surface area contributed by atoms with Crippen LogP contribution in [0.4, 0.5) is 0 Å². The second-order valence-electron chi connectivity index (χ2n) is 7.17. The first-order valence-electron chi connectivity index (χ1n) is 9.25. The first-order chi connectivity index (χ1) is 12.4. The summed E-state index contributed by atoms with van der Waals surface area (Å²) in [6, 6.07) is 15.7. The van der Waals surface area contributed by atoms with Gasteiger partial charge in [-0.05, 0) is 56.4 Å². The van der Waals surface area contributed by atoms with Crippen molar-refractivity contribution in [3.8, 4) is 0 Å². The molecule has 1 aliphatic rings.